The van der Waals surface area contributed by atoms with Gasteiger partial charge in [0.25, 0.3) is 0 Å². The van der Waals surface area contributed by atoms with Crippen LogP contribution in [0.4, 0.5) is 0 Å². The van der Waals surface area contributed by atoms with Gasteiger partial charge in [0, 0.05) is 23.0 Å². The van der Waals surface area contributed by atoms with Crippen molar-refractivity contribution in [2.75, 3.05) is 19.6 Å². The van der Waals surface area contributed by atoms with E-state index in [0.29, 0.717) is 5.96 Å². The Bertz CT molecular complexity index is 459. The van der Waals surface area contributed by atoms with Gasteiger partial charge >= 0.3 is 0 Å². The van der Waals surface area contributed by atoms with Crippen LogP contribution in [0.2, 0.25) is 0 Å². The van der Waals surface area contributed by atoms with E-state index in [1.54, 1.807) is 0 Å². The summed E-state index contributed by atoms with van der Waals surface area (Å²) in [5, 5.41) is 0. The smallest absolute Gasteiger partial charge is 0.191 e. The SMILES string of the molecule is CCN(CC)C(N)=NCC1(c2ccc(Br)cc2)CCC1. The largest absolute Gasteiger partial charge is 0.370 e. The van der Waals surface area contributed by atoms with Crippen molar-refractivity contribution in [1.82, 2.24) is 4.90 Å². The molecule has 0 bridgehead atoms. The van der Waals surface area contributed by atoms with Gasteiger partial charge in [-0.1, -0.05) is 34.5 Å². The summed E-state index contributed by atoms with van der Waals surface area (Å²) < 4.78 is 1.13. The number of aliphatic imine (C=N–C) groups is 1. The van der Waals surface area contributed by atoms with E-state index < -0.39 is 0 Å². The fourth-order valence-corrected chi connectivity index (χ4v) is 3.09. The van der Waals surface area contributed by atoms with Gasteiger partial charge in [0.2, 0.25) is 0 Å². The van der Waals surface area contributed by atoms with Crippen LogP contribution >= 0.6 is 15.9 Å². The third kappa shape index (κ3) is 3.17. The van der Waals surface area contributed by atoms with Crippen LogP contribution < -0.4 is 5.73 Å². The van der Waals surface area contributed by atoms with E-state index in [4.69, 9.17) is 5.73 Å². The Balaban J connectivity index is 2.12. The number of hydrogen-bond acceptors (Lipinski definition) is 1. The van der Waals surface area contributed by atoms with E-state index in [0.717, 1.165) is 24.1 Å². The van der Waals surface area contributed by atoms with E-state index in [9.17, 15) is 0 Å². The number of nitrogens with zero attached hydrogens (tertiary/aromatic N) is 2. The highest BCUT2D eigenvalue weighted by atomic mass is 79.9. The molecular formula is C16H24BrN3. The number of hydrogen-bond donors (Lipinski definition) is 1. The van der Waals surface area contributed by atoms with Crippen molar-refractivity contribution >= 4 is 21.9 Å². The van der Waals surface area contributed by atoms with Gasteiger partial charge in [0.15, 0.2) is 5.96 Å². The molecule has 1 aliphatic carbocycles. The normalized spacial score (nSPS) is 17.6. The molecule has 1 fully saturated rings. The van der Waals surface area contributed by atoms with Crippen LogP contribution in [0.3, 0.4) is 0 Å². The molecule has 0 aliphatic heterocycles. The third-order valence-corrected chi connectivity index (χ3v) is 4.93. The standard InChI is InChI=1S/C16H24BrN3/c1-3-20(4-2)15(18)19-12-16(10-5-11-16)13-6-8-14(17)9-7-13/h6-9H,3-5,10-12H2,1-2H3,(H2,18,19). The lowest BCUT2D eigenvalue weighted by Crippen LogP contribution is -2.41. The topological polar surface area (TPSA) is 41.6 Å². The van der Waals surface area contributed by atoms with Crippen molar-refractivity contribution in [3.05, 3.63) is 34.3 Å². The average Bonchev–Trinajstić information content (AvgIpc) is 2.41. The average molecular weight is 338 g/mol. The lowest BCUT2D eigenvalue weighted by Gasteiger charge is -2.41. The summed E-state index contributed by atoms with van der Waals surface area (Å²) in [5.74, 6) is 0.679. The molecular weight excluding hydrogens is 314 g/mol. The first-order valence-corrected chi connectivity index (χ1v) is 8.21. The lowest BCUT2D eigenvalue weighted by molar-refractivity contribution is 0.252. The predicted molar refractivity (Wildman–Crippen MR) is 89.1 cm³/mol. The van der Waals surface area contributed by atoms with Crippen molar-refractivity contribution in [2.45, 2.75) is 38.5 Å². The van der Waals surface area contributed by atoms with Gasteiger partial charge in [-0.2, -0.15) is 0 Å². The quantitative estimate of drug-likeness (QED) is 0.659. The summed E-state index contributed by atoms with van der Waals surface area (Å²) in [6, 6.07) is 8.67. The minimum atomic E-state index is 0.207. The summed E-state index contributed by atoms with van der Waals surface area (Å²) in [5.41, 5.74) is 7.69. The highest BCUT2D eigenvalue weighted by Crippen LogP contribution is 2.44. The van der Waals surface area contributed by atoms with E-state index in [1.165, 1.54) is 24.8 Å². The van der Waals surface area contributed by atoms with E-state index in [1.807, 2.05) is 0 Å². The molecule has 0 spiro atoms. The van der Waals surface area contributed by atoms with Gasteiger partial charge in [-0.15, -0.1) is 0 Å². The van der Waals surface area contributed by atoms with Gasteiger partial charge in [-0.05, 0) is 44.4 Å². The van der Waals surface area contributed by atoms with E-state index >= 15 is 0 Å². The Morgan fingerprint density at radius 3 is 2.30 bits per heavy atom. The third-order valence-electron chi connectivity index (χ3n) is 4.40. The second kappa shape index (κ2) is 6.61. The zero-order chi connectivity index (χ0) is 14.6. The number of guanidine groups is 1. The van der Waals surface area contributed by atoms with E-state index in [-0.39, 0.29) is 5.41 Å². The molecule has 0 aromatic heterocycles. The minimum absolute atomic E-state index is 0.207. The number of nitrogens with two attached hydrogens (primary N) is 1. The maximum Gasteiger partial charge on any atom is 0.191 e. The van der Waals surface area contributed by atoms with Crippen molar-refractivity contribution < 1.29 is 0 Å². The molecule has 1 aromatic rings. The highest BCUT2D eigenvalue weighted by molar-refractivity contribution is 9.10. The maximum atomic E-state index is 6.10. The Labute approximate surface area is 130 Å². The predicted octanol–water partition coefficient (Wildman–Crippen LogP) is 3.53. The summed E-state index contributed by atoms with van der Waals surface area (Å²) in [6.07, 6.45) is 3.71. The Hall–Kier alpha value is -1.03. The van der Waals surface area contributed by atoms with Crippen LogP contribution in [0.5, 0.6) is 0 Å². The van der Waals surface area contributed by atoms with Crippen molar-refractivity contribution in [3.63, 3.8) is 0 Å². The molecule has 0 saturated heterocycles. The summed E-state index contributed by atoms with van der Waals surface area (Å²) in [6.45, 7) is 6.85. The molecule has 4 heteroatoms. The molecule has 0 atom stereocenters. The van der Waals surface area contributed by atoms with Gasteiger partial charge in [0.1, 0.15) is 0 Å². The van der Waals surface area contributed by atoms with Gasteiger partial charge in [0.05, 0.1) is 6.54 Å². The molecule has 2 rings (SSSR count). The molecule has 1 aliphatic rings. The summed E-state index contributed by atoms with van der Waals surface area (Å²) in [7, 11) is 0. The molecule has 1 aromatic carbocycles. The fourth-order valence-electron chi connectivity index (χ4n) is 2.83. The van der Waals surface area contributed by atoms with Crippen LogP contribution in [-0.4, -0.2) is 30.5 Å². The first kappa shape index (κ1) is 15.4. The number of halogens is 1. The zero-order valence-corrected chi connectivity index (χ0v) is 14.0. The molecule has 20 heavy (non-hydrogen) atoms. The fraction of sp³-hybridized carbons (Fsp3) is 0.562. The molecule has 0 heterocycles. The Kier molecular flexibility index (Phi) is 5.08. The Morgan fingerprint density at radius 2 is 1.85 bits per heavy atom. The van der Waals surface area contributed by atoms with Crippen molar-refractivity contribution in [3.8, 4) is 0 Å². The van der Waals surface area contributed by atoms with Crippen molar-refractivity contribution in [1.29, 1.82) is 0 Å². The van der Waals surface area contributed by atoms with Crippen LogP contribution in [0.1, 0.15) is 38.7 Å². The zero-order valence-electron chi connectivity index (χ0n) is 12.4. The monoisotopic (exact) mass is 337 g/mol. The molecule has 0 unspecified atom stereocenters. The number of benzene rings is 1. The Morgan fingerprint density at radius 1 is 1.25 bits per heavy atom. The lowest BCUT2D eigenvalue weighted by atomic mass is 9.64. The first-order valence-electron chi connectivity index (χ1n) is 7.42. The second-order valence-electron chi connectivity index (χ2n) is 5.49. The van der Waals surface area contributed by atoms with Crippen LogP contribution in [-0.2, 0) is 5.41 Å². The number of rotatable bonds is 5. The molecule has 0 amide bonds. The molecule has 1 saturated carbocycles. The van der Waals surface area contributed by atoms with Crippen LogP contribution in [0.25, 0.3) is 0 Å². The molecule has 2 N–H and O–H groups in total. The first-order chi connectivity index (χ1) is 9.61. The highest BCUT2D eigenvalue weighted by Gasteiger charge is 2.38. The molecule has 0 radical (unpaired) electrons. The van der Waals surface area contributed by atoms with Crippen LogP contribution in [0, 0.1) is 0 Å². The van der Waals surface area contributed by atoms with Gasteiger partial charge in [-0.25, -0.2) is 0 Å². The van der Waals surface area contributed by atoms with Crippen LogP contribution in [0.15, 0.2) is 33.7 Å². The minimum Gasteiger partial charge on any atom is -0.370 e. The second-order valence-corrected chi connectivity index (χ2v) is 6.40. The van der Waals surface area contributed by atoms with Crippen molar-refractivity contribution in [2.24, 2.45) is 10.7 Å². The van der Waals surface area contributed by atoms with Gasteiger partial charge in [-0.3, -0.25) is 4.99 Å². The summed E-state index contributed by atoms with van der Waals surface area (Å²) in [4.78, 5) is 6.77. The maximum absolute atomic E-state index is 6.10. The van der Waals surface area contributed by atoms with Gasteiger partial charge < -0.3 is 10.6 Å². The molecule has 110 valence electrons. The summed E-state index contributed by atoms with van der Waals surface area (Å²) >= 11 is 3.50. The molecule has 3 nitrogen and oxygen atoms in total. The van der Waals surface area contributed by atoms with E-state index in [2.05, 4.69) is 63.9 Å².